The molecule has 0 bridgehead atoms. The summed E-state index contributed by atoms with van der Waals surface area (Å²) in [5, 5.41) is 2.99. The molecule has 2 aliphatic rings. The zero-order valence-electron chi connectivity index (χ0n) is 15.9. The molecule has 7 nitrogen and oxygen atoms in total. The standard InChI is InChI=1S/C21H26N4O3/c26-19-21(14-18(28-19)15-24-13-10-22-16-24)7-11-25(12-8-21)20(27)23-9-6-17-4-2-1-3-5-17/h1-5,10,13,16,18H,6-9,11-12,14-15H2,(H,23,27). The van der Waals surface area contributed by atoms with E-state index >= 15 is 0 Å². The molecule has 1 aromatic carbocycles. The molecule has 2 aliphatic heterocycles. The van der Waals surface area contributed by atoms with Crippen LogP contribution in [0.2, 0.25) is 0 Å². The third-order valence-corrected chi connectivity index (χ3v) is 5.84. The maximum absolute atomic E-state index is 12.5. The van der Waals surface area contributed by atoms with Crippen LogP contribution in [0.5, 0.6) is 0 Å². The van der Waals surface area contributed by atoms with Crippen LogP contribution in [0.1, 0.15) is 24.8 Å². The number of amides is 2. The van der Waals surface area contributed by atoms with Crippen LogP contribution in [-0.4, -0.2) is 52.2 Å². The smallest absolute Gasteiger partial charge is 0.317 e. The summed E-state index contributed by atoms with van der Waals surface area (Å²) in [6.07, 6.45) is 8.08. The summed E-state index contributed by atoms with van der Waals surface area (Å²) >= 11 is 0. The molecule has 148 valence electrons. The van der Waals surface area contributed by atoms with Crippen molar-refractivity contribution < 1.29 is 14.3 Å². The molecular formula is C21H26N4O3. The average Bonchev–Trinajstić information content (AvgIpc) is 3.32. The molecule has 1 N–H and O–H groups in total. The van der Waals surface area contributed by atoms with Crippen LogP contribution in [0.3, 0.4) is 0 Å². The number of hydrogen-bond acceptors (Lipinski definition) is 4. The van der Waals surface area contributed by atoms with Gasteiger partial charge in [-0.15, -0.1) is 0 Å². The van der Waals surface area contributed by atoms with E-state index in [-0.39, 0.29) is 18.1 Å². The van der Waals surface area contributed by atoms with Gasteiger partial charge in [-0.1, -0.05) is 30.3 Å². The van der Waals surface area contributed by atoms with Crippen molar-refractivity contribution in [2.24, 2.45) is 5.41 Å². The number of cyclic esters (lactones) is 1. The third kappa shape index (κ3) is 4.03. The Balaban J connectivity index is 1.24. The van der Waals surface area contributed by atoms with Gasteiger partial charge in [0.05, 0.1) is 18.3 Å². The van der Waals surface area contributed by atoms with Crippen LogP contribution in [-0.2, 0) is 22.5 Å². The van der Waals surface area contributed by atoms with Crippen molar-refractivity contribution in [2.75, 3.05) is 19.6 Å². The van der Waals surface area contributed by atoms with Gasteiger partial charge in [-0.3, -0.25) is 4.79 Å². The van der Waals surface area contributed by atoms with Crippen LogP contribution in [0.25, 0.3) is 0 Å². The summed E-state index contributed by atoms with van der Waals surface area (Å²) in [6, 6.07) is 10.1. The second kappa shape index (κ2) is 8.04. The maximum Gasteiger partial charge on any atom is 0.317 e. The summed E-state index contributed by atoms with van der Waals surface area (Å²) < 4.78 is 7.57. The number of imidazole rings is 1. The second-order valence-electron chi connectivity index (χ2n) is 7.73. The van der Waals surface area contributed by atoms with Crippen molar-refractivity contribution in [3.63, 3.8) is 0 Å². The second-order valence-corrected chi connectivity index (χ2v) is 7.73. The van der Waals surface area contributed by atoms with Crippen LogP contribution in [0.15, 0.2) is 49.1 Å². The fourth-order valence-corrected chi connectivity index (χ4v) is 4.19. The SMILES string of the molecule is O=C(NCCc1ccccc1)N1CCC2(CC1)CC(Cn1ccnc1)OC2=O. The Labute approximate surface area is 164 Å². The normalized spacial score (nSPS) is 20.9. The molecule has 4 rings (SSSR count). The van der Waals surface area contributed by atoms with Crippen molar-refractivity contribution >= 4 is 12.0 Å². The number of hydrogen-bond donors (Lipinski definition) is 1. The van der Waals surface area contributed by atoms with Gasteiger partial charge in [0.1, 0.15) is 6.10 Å². The lowest BCUT2D eigenvalue weighted by Crippen LogP contribution is -2.49. The minimum atomic E-state index is -0.438. The van der Waals surface area contributed by atoms with Gasteiger partial charge in [0, 0.05) is 38.4 Å². The number of carbonyl (C=O) groups is 2. The average molecular weight is 382 g/mol. The molecule has 2 fully saturated rings. The first-order valence-corrected chi connectivity index (χ1v) is 9.88. The number of likely N-dealkylation sites (tertiary alicyclic amines) is 1. The highest BCUT2D eigenvalue weighted by atomic mass is 16.6. The number of rotatable bonds is 5. The number of nitrogens with one attached hydrogen (secondary N) is 1. The summed E-state index contributed by atoms with van der Waals surface area (Å²) in [6.45, 7) is 2.42. The predicted molar refractivity (Wildman–Crippen MR) is 104 cm³/mol. The van der Waals surface area contributed by atoms with Gasteiger partial charge in [-0.25, -0.2) is 9.78 Å². The summed E-state index contributed by atoms with van der Waals surface area (Å²) in [7, 11) is 0. The van der Waals surface area contributed by atoms with Crippen molar-refractivity contribution in [3.8, 4) is 0 Å². The molecule has 1 spiro atoms. The lowest BCUT2D eigenvalue weighted by molar-refractivity contribution is -0.150. The largest absolute Gasteiger partial charge is 0.460 e. The van der Waals surface area contributed by atoms with E-state index in [1.807, 2.05) is 33.9 Å². The Kier molecular flexibility index (Phi) is 5.32. The monoisotopic (exact) mass is 382 g/mol. The molecule has 2 amide bonds. The van der Waals surface area contributed by atoms with E-state index in [1.165, 1.54) is 5.56 Å². The van der Waals surface area contributed by atoms with Gasteiger partial charge >= 0.3 is 12.0 Å². The van der Waals surface area contributed by atoms with Gasteiger partial charge in [-0.2, -0.15) is 0 Å². The van der Waals surface area contributed by atoms with Crippen LogP contribution in [0, 0.1) is 5.41 Å². The molecule has 0 radical (unpaired) electrons. The molecule has 2 saturated heterocycles. The molecule has 1 aromatic heterocycles. The Bertz CT molecular complexity index is 798. The minimum absolute atomic E-state index is 0.0490. The molecule has 0 aliphatic carbocycles. The molecule has 1 unspecified atom stereocenters. The maximum atomic E-state index is 12.5. The topological polar surface area (TPSA) is 76.5 Å². The van der Waals surface area contributed by atoms with E-state index in [1.54, 1.807) is 12.5 Å². The number of esters is 1. The van der Waals surface area contributed by atoms with E-state index in [2.05, 4.69) is 22.4 Å². The fourth-order valence-electron chi connectivity index (χ4n) is 4.19. The number of ether oxygens (including phenoxy) is 1. The lowest BCUT2D eigenvalue weighted by atomic mass is 9.76. The van der Waals surface area contributed by atoms with Gasteiger partial charge in [-0.05, 0) is 24.8 Å². The van der Waals surface area contributed by atoms with Gasteiger partial charge in [0.25, 0.3) is 0 Å². The van der Waals surface area contributed by atoms with Crippen LogP contribution < -0.4 is 5.32 Å². The minimum Gasteiger partial charge on any atom is -0.460 e. The number of aromatic nitrogens is 2. The molecular weight excluding hydrogens is 356 g/mol. The zero-order chi connectivity index (χ0) is 19.4. The van der Waals surface area contributed by atoms with E-state index in [0.717, 1.165) is 6.42 Å². The highest BCUT2D eigenvalue weighted by Gasteiger charge is 2.50. The Morgan fingerprint density at radius 3 is 2.75 bits per heavy atom. The first kappa shape index (κ1) is 18.5. The Morgan fingerprint density at radius 1 is 1.25 bits per heavy atom. The fraction of sp³-hybridized carbons (Fsp3) is 0.476. The van der Waals surface area contributed by atoms with Crippen LogP contribution in [0.4, 0.5) is 4.79 Å². The van der Waals surface area contributed by atoms with Gasteiger partial charge < -0.3 is 19.5 Å². The highest BCUT2D eigenvalue weighted by Crippen LogP contribution is 2.43. The van der Waals surface area contributed by atoms with Crippen molar-refractivity contribution in [2.45, 2.75) is 38.3 Å². The predicted octanol–water partition coefficient (Wildman–Crippen LogP) is 2.23. The van der Waals surface area contributed by atoms with Crippen molar-refractivity contribution in [3.05, 3.63) is 54.6 Å². The van der Waals surface area contributed by atoms with Crippen LogP contribution >= 0.6 is 0 Å². The summed E-state index contributed by atoms with van der Waals surface area (Å²) in [4.78, 5) is 30.8. The first-order chi connectivity index (χ1) is 13.6. The Morgan fingerprint density at radius 2 is 2.04 bits per heavy atom. The number of benzene rings is 1. The van der Waals surface area contributed by atoms with Gasteiger partial charge in [0.2, 0.25) is 0 Å². The third-order valence-electron chi connectivity index (χ3n) is 5.84. The van der Waals surface area contributed by atoms with Crippen molar-refractivity contribution in [1.82, 2.24) is 19.8 Å². The zero-order valence-corrected chi connectivity index (χ0v) is 15.9. The van der Waals surface area contributed by atoms with E-state index < -0.39 is 5.41 Å². The number of urea groups is 1. The molecule has 2 aromatic rings. The van der Waals surface area contributed by atoms with E-state index in [0.29, 0.717) is 45.4 Å². The molecule has 0 saturated carbocycles. The Hall–Kier alpha value is -2.83. The quantitative estimate of drug-likeness (QED) is 0.805. The molecule has 1 atom stereocenters. The van der Waals surface area contributed by atoms with E-state index in [9.17, 15) is 9.59 Å². The molecule has 28 heavy (non-hydrogen) atoms. The summed E-state index contributed by atoms with van der Waals surface area (Å²) in [5.74, 6) is -0.109. The van der Waals surface area contributed by atoms with Crippen molar-refractivity contribution in [1.29, 1.82) is 0 Å². The molecule has 3 heterocycles. The first-order valence-electron chi connectivity index (χ1n) is 9.88. The summed E-state index contributed by atoms with van der Waals surface area (Å²) in [5.41, 5.74) is 0.768. The van der Waals surface area contributed by atoms with E-state index in [4.69, 9.17) is 4.74 Å². The van der Waals surface area contributed by atoms with Gasteiger partial charge in [0.15, 0.2) is 0 Å². The highest BCUT2D eigenvalue weighted by molar-refractivity contribution is 5.80. The molecule has 7 heteroatoms. The number of piperidine rings is 1. The lowest BCUT2D eigenvalue weighted by Gasteiger charge is -2.36. The number of carbonyl (C=O) groups excluding carboxylic acids is 2. The number of nitrogens with zero attached hydrogens (tertiary/aromatic N) is 3.